The first-order chi connectivity index (χ1) is 8.84. The Morgan fingerprint density at radius 1 is 1.05 bits per heavy atom. The summed E-state index contributed by atoms with van der Waals surface area (Å²) in [5.74, 6) is -1.01. The van der Waals surface area contributed by atoms with Gasteiger partial charge in [0.05, 0.1) is 13.2 Å². The van der Waals surface area contributed by atoms with Crippen LogP contribution in [0.25, 0.3) is 0 Å². The van der Waals surface area contributed by atoms with Gasteiger partial charge >= 0.3 is 5.51 Å². The molecule has 7 heteroatoms. The molecule has 0 aliphatic heterocycles. The summed E-state index contributed by atoms with van der Waals surface area (Å²) in [5.41, 5.74) is -5.75. The third-order valence-electron chi connectivity index (χ3n) is 2.90. The van der Waals surface area contributed by atoms with Gasteiger partial charge in [0, 0.05) is 11.2 Å². The second-order valence-corrected chi connectivity index (χ2v) is 5.28. The number of benzene rings is 1. The van der Waals surface area contributed by atoms with Gasteiger partial charge < -0.3 is 10.2 Å². The van der Waals surface area contributed by atoms with E-state index in [1.54, 1.807) is 0 Å². The second-order valence-electron chi connectivity index (χ2n) is 4.12. The maximum Gasteiger partial charge on any atom is 0.441 e. The average molecular weight is 298 g/mol. The zero-order chi connectivity index (χ0) is 14.5. The van der Waals surface area contributed by atoms with Gasteiger partial charge in [-0.3, -0.25) is 0 Å². The van der Waals surface area contributed by atoms with Crippen molar-refractivity contribution in [2.45, 2.75) is 17.3 Å². The maximum atomic E-state index is 13.7. The molecule has 0 radical (unpaired) electrons. The maximum absolute atomic E-state index is 13.7. The smallest absolute Gasteiger partial charge is 0.395 e. The molecule has 0 amide bonds. The highest BCUT2D eigenvalue weighted by Gasteiger charge is 2.35. The van der Waals surface area contributed by atoms with E-state index >= 15 is 0 Å². The lowest BCUT2D eigenvalue weighted by atomic mass is 9.79. The van der Waals surface area contributed by atoms with E-state index in [1.165, 1.54) is 18.2 Å². The van der Waals surface area contributed by atoms with E-state index in [-0.39, 0.29) is 29.5 Å². The minimum absolute atomic E-state index is 0.0303. The summed E-state index contributed by atoms with van der Waals surface area (Å²) >= 11 is -0.253. The van der Waals surface area contributed by atoms with Crippen LogP contribution in [0.2, 0.25) is 0 Å². The molecule has 1 aromatic carbocycles. The average Bonchev–Trinajstić information content (AvgIpc) is 2.35. The van der Waals surface area contributed by atoms with Gasteiger partial charge in [-0.1, -0.05) is 30.0 Å². The topological polar surface area (TPSA) is 40.5 Å². The molecule has 19 heavy (non-hydrogen) atoms. The molecule has 2 N–H and O–H groups in total. The number of aliphatic hydroxyl groups is 2. The molecule has 1 rings (SSSR count). The molecule has 108 valence electrons. The second kappa shape index (κ2) is 6.58. The molecule has 1 aromatic rings. The largest absolute Gasteiger partial charge is 0.441 e. The first-order valence-corrected chi connectivity index (χ1v) is 6.50. The zero-order valence-corrected chi connectivity index (χ0v) is 10.8. The van der Waals surface area contributed by atoms with Gasteiger partial charge in [0.2, 0.25) is 0 Å². The Bertz CT molecular complexity index is 405. The van der Waals surface area contributed by atoms with Crippen LogP contribution in [0.1, 0.15) is 12.0 Å². The van der Waals surface area contributed by atoms with Crippen LogP contribution in [0, 0.1) is 5.82 Å². The lowest BCUT2D eigenvalue weighted by Gasteiger charge is -2.30. The van der Waals surface area contributed by atoms with Gasteiger partial charge in [-0.25, -0.2) is 4.39 Å². The SMILES string of the molecule is OCC(CO)(CCSC(F)(F)F)c1ccccc1F. The van der Waals surface area contributed by atoms with E-state index in [2.05, 4.69) is 0 Å². The normalized spacial score (nSPS) is 12.7. The summed E-state index contributed by atoms with van der Waals surface area (Å²) in [7, 11) is 0. The number of halogens is 4. The summed E-state index contributed by atoms with van der Waals surface area (Å²) in [4.78, 5) is 0. The van der Waals surface area contributed by atoms with Crippen LogP contribution in [0.4, 0.5) is 17.6 Å². The first-order valence-electron chi connectivity index (χ1n) is 5.52. The van der Waals surface area contributed by atoms with E-state index in [0.29, 0.717) is 0 Å². The van der Waals surface area contributed by atoms with Gasteiger partial charge in [0.25, 0.3) is 0 Å². The summed E-state index contributed by atoms with van der Waals surface area (Å²) < 4.78 is 49.9. The fourth-order valence-corrected chi connectivity index (χ4v) is 2.49. The predicted molar refractivity (Wildman–Crippen MR) is 65.4 cm³/mol. The van der Waals surface area contributed by atoms with Crippen molar-refractivity contribution in [1.29, 1.82) is 0 Å². The molecule has 0 spiro atoms. The third-order valence-corrected chi connectivity index (χ3v) is 3.63. The van der Waals surface area contributed by atoms with Gasteiger partial charge in [-0.15, -0.1) is 0 Å². The van der Waals surface area contributed by atoms with E-state index < -0.39 is 30.0 Å². The number of aliphatic hydroxyl groups excluding tert-OH is 2. The van der Waals surface area contributed by atoms with Crippen molar-refractivity contribution in [3.8, 4) is 0 Å². The third kappa shape index (κ3) is 4.36. The number of hydrogen-bond acceptors (Lipinski definition) is 3. The van der Waals surface area contributed by atoms with Crippen molar-refractivity contribution in [1.82, 2.24) is 0 Å². The highest BCUT2D eigenvalue weighted by Crippen LogP contribution is 2.36. The quantitative estimate of drug-likeness (QED) is 0.793. The monoisotopic (exact) mass is 298 g/mol. The van der Waals surface area contributed by atoms with Crippen molar-refractivity contribution in [2.75, 3.05) is 19.0 Å². The Labute approximate surface area is 112 Å². The van der Waals surface area contributed by atoms with Crippen LogP contribution in [-0.2, 0) is 5.41 Å². The Hall–Kier alpha value is -0.790. The Balaban J connectivity index is 2.89. The van der Waals surface area contributed by atoms with E-state index in [4.69, 9.17) is 0 Å². The van der Waals surface area contributed by atoms with E-state index in [1.807, 2.05) is 0 Å². The van der Waals surface area contributed by atoms with Crippen LogP contribution in [0.15, 0.2) is 24.3 Å². The fourth-order valence-electron chi connectivity index (χ4n) is 1.77. The number of thioether (sulfide) groups is 1. The van der Waals surface area contributed by atoms with Gasteiger partial charge in [-0.05, 0) is 18.1 Å². The first kappa shape index (κ1) is 16.3. The Kier molecular flexibility index (Phi) is 5.64. The molecule has 2 nitrogen and oxygen atoms in total. The molecule has 0 fully saturated rings. The molecular weight excluding hydrogens is 284 g/mol. The van der Waals surface area contributed by atoms with Crippen LogP contribution >= 0.6 is 11.8 Å². The Morgan fingerprint density at radius 3 is 2.11 bits per heavy atom. The summed E-state index contributed by atoms with van der Waals surface area (Å²) in [6, 6.07) is 5.45. The van der Waals surface area contributed by atoms with Crippen LogP contribution in [-0.4, -0.2) is 34.7 Å². The molecule has 0 bridgehead atoms. The number of hydrogen-bond donors (Lipinski definition) is 2. The molecule has 0 saturated carbocycles. The van der Waals surface area contributed by atoms with Crippen molar-refractivity contribution in [2.24, 2.45) is 0 Å². The zero-order valence-electron chi connectivity index (χ0n) is 9.95. The van der Waals surface area contributed by atoms with Gasteiger partial charge in [-0.2, -0.15) is 13.2 Å². The molecule has 0 saturated heterocycles. The minimum Gasteiger partial charge on any atom is -0.395 e. The molecule has 0 aromatic heterocycles. The lowest BCUT2D eigenvalue weighted by molar-refractivity contribution is -0.0329. The molecule has 0 unspecified atom stereocenters. The van der Waals surface area contributed by atoms with E-state index in [9.17, 15) is 27.8 Å². The predicted octanol–water partition coefficient (Wildman–Crippen LogP) is 2.69. The van der Waals surface area contributed by atoms with Crippen LogP contribution in [0.5, 0.6) is 0 Å². The molecular formula is C12H14F4O2S. The fraction of sp³-hybridized carbons (Fsp3) is 0.500. The molecule has 0 aliphatic rings. The summed E-state index contributed by atoms with van der Waals surface area (Å²) in [6.07, 6.45) is -0.175. The standard InChI is InChI=1S/C12H14F4O2S/c13-10-4-2-1-3-9(10)11(7-17,8-18)5-6-19-12(14,15)16/h1-4,17-18H,5-8H2. The van der Waals surface area contributed by atoms with Crippen molar-refractivity contribution in [3.05, 3.63) is 35.6 Å². The summed E-state index contributed by atoms with van der Waals surface area (Å²) in [5, 5.41) is 18.7. The van der Waals surface area contributed by atoms with Crippen LogP contribution < -0.4 is 0 Å². The number of rotatable bonds is 6. The lowest BCUT2D eigenvalue weighted by Crippen LogP contribution is -2.36. The van der Waals surface area contributed by atoms with Gasteiger partial charge in [0.15, 0.2) is 0 Å². The minimum atomic E-state index is -4.38. The highest BCUT2D eigenvalue weighted by atomic mass is 32.2. The van der Waals surface area contributed by atoms with Crippen molar-refractivity contribution >= 4 is 11.8 Å². The Morgan fingerprint density at radius 2 is 1.63 bits per heavy atom. The van der Waals surface area contributed by atoms with Crippen molar-refractivity contribution < 1.29 is 27.8 Å². The van der Waals surface area contributed by atoms with E-state index in [0.717, 1.165) is 6.07 Å². The highest BCUT2D eigenvalue weighted by molar-refractivity contribution is 8.00. The van der Waals surface area contributed by atoms with Crippen molar-refractivity contribution in [3.63, 3.8) is 0 Å². The summed E-state index contributed by atoms with van der Waals surface area (Å²) in [6.45, 7) is -1.24. The molecule has 0 atom stereocenters. The van der Waals surface area contributed by atoms with Crippen LogP contribution in [0.3, 0.4) is 0 Å². The molecule has 0 aliphatic carbocycles. The molecule has 0 heterocycles. The number of alkyl halides is 3. The van der Waals surface area contributed by atoms with Gasteiger partial charge in [0.1, 0.15) is 5.82 Å².